The lowest BCUT2D eigenvalue weighted by atomic mass is 9.98. The molecule has 0 amide bonds. The van der Waals surface area contributed by atoms with Gasteiger partial charge in [-0.3, -0.25) is 0 Å². The van der Waals surface area contributed by atoms with Gasteiger partial charge in [0.1, 0.15) is 10.6 Å². The second-order valence-corrected chi connectivity index (χ2v) is 6.15. The number of nitrogens with one attached hydrogen (secondary N) is 1. The number of nitrogens with zero attached hydrogens (tertiary/aromatic N) is 2. The van der Waals surface area contributed by atoms with E-state index < -0.39 is 5.54 Å². The van der Waals surface area contributed by atoms with Crippen LogP contribution in [0.3, 0.4) is 0 Å². The van der Waals surface area contributed by atoms with Gasteiger partial charge in [-0.2, -0.15) is 0 Å². The number of aromatic nitrogens is 2. The average Bonchev–Trinajstić information content (AvgIpc) is 2.88. The largest absolute Gasteiger partial charge is 0.394 e. The van der Waals surface area contributed by atoms with Gasteiger partial charge < -0.3 is 15.5 Å². The van der Waals surface area contributed by atoms with Gasteiger partial charge in [0.05, 0.1) is 24.1 Å². The van der Waals surface area contributed by atoms with Crippen molar-refractivity contribution in [3.8, 4) is 0 Å². The number of thiophene rings is 1. The summed E-state index contributed by atoms with van der Waals surface area (Å²) in [4.78, 5) is 10.4. The molecule has 110 valence electrons. The van der Waals surface area contributed by atoms with Crippen LogP contribution in [-0.4, -0.2) is 38.9 Å². The third kappa shape index (κ3) is 2.88. The lowest BCUT2D eigenvalue weighted by Gasteiger charge is -2.30. The Morgan fingerprint density at radius 1 is 1.30 bits per heavy atom. The van der Waals surface area contributed by atoms with Gasteiger partial charge in [-0.05, 0) is 30.5 Å². The van der Waals surface area contributed by atoms with Crippen molar-refractivity contribution in [3.63, 3.8) is 0 Å². The van der Waals surface area contributed by atoms with Crippen LogP contribution < -0.4 is 5.32 Å². The fourth-order valence-electron chi connectivity index (χ4n) is 1.91. The van der Waals surface area contributed by atoms with E-state index in [0.29, 0.717) is 12.2 Å². The second kappa shape index (κ2) is 6.22. The van der Waals surface area contributed by atoms with Crippen LogP contribution in [0.1, 0.15) is 25.1 Å². The Morgan fingerprint density at radius 2 is 2.00 bits per heavy atom. The zero-order valence-electron chi connectivity index (χ0n) is 11.5. The van der Waals surface area contributed by atoms with Gasteiger partial charge in [-0.25, -0.2) is 9.97 Å². The first kappa shape index (κ1) is 15.4. The molecule has 0 saturated carbocycles. The van der Waals surface area contributed by atoms with Crippen molar-refractivity contribution in [2.45, 2.75) is 32.2 Å². The van der Waals surface area contributed by atoms with E-state index in [2.05, 4.69) is 22.2 Å². The second-order valence-electron chi connectivity index (χ2n) is 4.70. The van der Waals surface area contributed by atoms with Crippen molar-refractivity contribution in [2.24, 2.45) is 0 Å². The zero-order valence-corrected chi connectivity index (χ0v) is 13.1. The third-order valence-corrected chi connectivity index (χ3v) is 4.77. The van der Waals surface area contributed by atoms with Crippen LogP contribution in [0.2, 0.25) is 5.28 Å². The van der Waals surface area contributed by atoms with Crippen LogP contribution in [-0.2, 0) is 6.42 Å². The number of rotatable bonds is 6. The molecule has 7 heteroatoms. The first-order valence-electron chi connectivity index (χ1n) is 6.53. The maximum absolute atomic E-state index is 9.53. The summed E-state index contributed by atoms with van der Waals surface area (Å²) in [6.07, 6.45) is 1.48. The minimum Gasteiger partial charge on any atom is -0.394 e. The number of anilines is 1. The van der Waals surface area contributed by atoms with E-state index in [-0.39, 0.29) is 18.5 Å². The van der Waals surface area contributed by atoms with Gasteiger partial charge >= 0.3 is 0 Å². The number of fused-ring (bicyclic) bond motifs is 1. The molecule has 2 rings (SSSR count). The van der Waals surface area contributed by atoms with E-state index >= 15 is 0 Å². The summed E-state index contributed by atoms with van der Waals surface area (Å²) in [6, 6.07) is 2.02. The third-order valence-electron chi connectivity index (χ3n) is 3.43. The first-order valence-corrected chi connectivity index (χ1v) is 7.72. The number of halogens is 1. The highest BCUT2D eigenvalue weighted by Crippen LogP contribution is 2.32. The molecule has 20 heavy (non-hydrogen) atoms. The van der Waals surface area contributed by atoms with E-state index in [1.54, 1.807) is 11.3 Å². The molecule has 0 radical (unpaired) electrons. The van der Waals surface area contributed by atoms with Gasteiger partial charge in [0.25, 0.3) is 0 Å². The summed E-state index contributed by atoms with van der Waals surface area (Å²) in [6.45, 7) is 3.59. The van der Waals surface area contributed by atoms with E-state index in [4.69, 9.17) is 11.6 Å². The molecule has 0 spiro atoms. The van der Waals surface area contributed by atoms with Crippen LogP contribution in [0.15, 0.2) is 6.07 Å². The highest BCUT2D eigenvalue weighted by molar-refractivity contribution is 7.18. The normalized spacial score (nSPS) is 12.1. The van der Waals surface area contributed by atoms with Crippen molar-refractivity contribution in [3.05, 3.63) is 16.2 Å². The molecular formula is C13H18ClN3O2S. The Bertz CT molecular complexity index is 590. The van der Waals surface area contributed by atoms with E-state index in [1.165, 1.54) is 4.88 Å². The number of hydrogen-bond donors (Lipinski definition) is 3. The maximum Gasteiger partial charge on any atom is 0.225 e. The molecule has 2 heterocycles. The number of aliphatic hydroxyl groups excluding tert-OH is 2. The monoisotopic (exact) mass is 315 g/mol. The molecule has 0 bridgehead atoms. The minimum absolute atomic E-state index is 0.158. The number of aliphatic hydroxyl groups is 2. The van der Waals surface area contributed by atoms with Crippen molar-refractivity contribution in [2.75, 3.05) is 18.5 Å². The summed E-state index contributed by atoms with van der Waals surface area (Å²) in [5.41, 5.74) is -0.807. The summed E-state index contributed by atoms with van der Waals surface area (Å²) in [5.74, 6) is 0.556. The molecule has 0 aliphatic carbocycles. The highest BCUT2D eigenvalue weighted by Gasteiger charge is 2.28. The maximum atomic E-state index is 9.53. The predicted octanol–water partition coefficient (Wildman–Crippen LogP) is 2.45. The van der Waals surface area contributed by atoms with Gasteiger partial charge in [0, 0.05) is 4.88 Å². The fraction of sp³-hybridized carbons (Fsp3) is 0.538. The first-order chi connectivity index (χ1) is 9.57. The summed E-state index contributed by atoms with van der Waals surface area (Å²) in [5, 5.41) is 23.2. The van der Waals surface area contributed by atoms with Crippen molar-refractivity contribution < 1.29 is 10.2 Å². The van der Waals surface area contributed by atoms with Crippen LogP contribution in [0.25, 0.3) is 10.2 Å². The van der Waals surface area contributed by atoms with Crippen molar-refractivity contribution in [1.82, 2.24) is 9.97 Å². The molecule has 3 N–H and O–H groups in total. The minimum atomic E-state index is -0.807. The highest BCUT2D eigenvalue weighted by atomic mass is 35.5. The van der Waals surface area contributed by atoms with Crippen molar-refractivity contribution >= 4 is 39.0 Å². The molecule has 2 aromatic rings. The van der Waals surface area contributed by atoms with Crippen molar-refractivity contribution in [1.29, 1.82) is 0 Å². The molecule has 0 aromatic carbocycles. The Hall–Kier alpha value is -0.950. The van der Waals surface area contributed by atoms with Crippen LogP contribution in [0, 0.1) is 0 Å². The topological polar surface area (TPSA) is 78.3 Å². The van der Waals surface area contributed by atoms with Gasteiger partial charge in [-0.1, -0.05) is 13.8 Å². The lowest BCUT2D eigenvalue weighted by molar-refractivity contribution is 0.132. The fourth-order valence-corrected chi connectivity index (χ4v) is 3.09. The molecule has 0 fully saturated rings. The molecular weight excluding hydrogens is 298 g/mol. The van der Waals surface area contributed by atoms with Gasteiger partial charge in [-0.15, -0.1) is 11.3 Å². The van der Waals surface area contributed by atoms with Crippen LogP contribution in [0.4, 0.5) is 5.82 Å². The molecule has 0 unspecified atom stereocenters. The Kier molecular flexibility index (Phi) is 4.80. The Balaban J connectivity index is 2.49. The van der Waals surface area contributed by atoms with Crippen LogP contribution in [0.5, 0.6) is 0 Å². The van der Waals surface area contributed by atoms with Gasteiger partial charge in [0.15, 0.2) is 0 Å². The lowest BCUT2D eigenvalue weighted by Crippen LogP contribution is -2.45. The van der Waals surface area contributed by atoms with Gasteiger partial charge in [0.2, 0.25) is 5.28 Å². The quantitative estimate of drug-likeness (QED) is 0.714. The number of hydrogen-bond acceptors (Lipinski definition) is 6. The standard InChI is InChI=1S/C13H18ClN3O2S/c1-3-8-5-9-10(15-12(14)16-11(9)20-8)17-13(4-2,6-18)7-19/h5,18-19H,3-4,6-7H2,1-2H3,(H,15,16,17). The zero-order chi connectivity index (χ0) is 14.8. The van der Waals surface area contributed by atoms with E-state index in [1.807, 2.05) is 13.0 Å². The molecule has 0 atom stereocenters. The molecule has 2 aromatic heterocycles. The average molecular weight is 316 g/mol. The number of aryl methyl sites for hydroxylation is 1. The van der Waals surface area contributed by atoms with E-state index in [9.17, 15) is 10.2 Å². The van der Waals surface area contributed by atoms with E-state index in [0.717, 1.165) is 16.6 Å². The Labute approximate surface area is 126 Å². The smallest absolute Gasteiger partial charge is 0.225 e. The molecule has 0 saturated heterocycles. The molecule has 0 aliphatic rings. The SMILES string of the molecule is CCc1cc2c(NC(CC)(CO)CO)nc(Cl)nc2s1. The van der Waals surface area contributed by atoms with Crippen LogP contribution >= 0.6 is 22.9 Å². The predicted molar refractivity (Wildman–Crippen MR) is 82.6 cm³/mol. The molecule has 0 aliphatic heterocycles. The molecule has 5 nitrogen and oxygen atoms in total. The summed E-state index contributed by atoms with van der Waals surface area (Å²) < 4.78 is 0. The summed E-state index contributed by atoms with van der Waals surface area (Å²) in [7, 11) is 0. The Morgan fingerprint density at radius 3 is 2.55 bits per heavy atom. The summed E-state index contributed by atoms with van der Waals surface area (Å²) >= 11 is 7.53.